The zero-order valence-corrected chi connectivity index (χ0v) is 13.1. The highest BCUT2D eigenvalue weighted by Gasteiger charge is 2.17. The Bertz CT molecular complexity index is 619. The van der Waals surface area contributed by atoms with Crippen molar-refractivity contribution in [1.82, 2.24) is 9.97 Å². The largest absolute Gasteiger partial charge is 0.355 e. The van der Waals surface area contributed by atoms with Crippen LogP contribution in [0.15, 0.2) is 0 Å². The number of H-pyrrole nitrogens is 2. The van der Waals surface area contributed by atoms with Gasteiger partial charge in [0, 0.05) is 17.8 Å². The first-order valence-electron chi connectivity index (χ1n) is 7.38. The fraction of sp³-hybridized carbons (Fsp3) is 0.412. The van der Waals surface area contributed by atoms with Crippen molar-refractivity contribution in [1.29, 1.82) is 0 Å². The first-order chi connectivity index (χ1) is 10.1. The van der Waals surface area contributed by atoms with Crippen LogP contribution >= 0.6 is 0 Å². The van der Waals surface area contributed by atoms with Gasteiger partial charge in [-0.3, -0.25) is 9.59 Å². The molecule has 0 aromatic carbocycles. The summed E-state index contributed by atoms with van der Waals surface area (Å²) in [5.74, 6) is 0. The molecule has 2 heterocycles. The van der Waals surface area contributed by atoms with Crippen molar-refractivity contribution in [3.63, 3.8) is 0 Å². The van der Waals surface area contributed by atoms with Crippen LogP contribution in [0, 0.1) is 13.8 Å². The number of nitrogens with one attached hydrogen (secondary N) is 2. The summed E-state index contributed by atoms with van der Waals surface area (Å²) in [6, 6.07) is 0. The van der Waals surface area contributed by atoms with E-state index in [9.17, 15) is 9.59 Å². The number of hydrogen-bond donors (Lipinski definition) is 2. The SMILES string of the molecule is CCc1c(C=O)[nH]c(Cc2[nH]c(C=O)c(CC)c2C)c1C. The van der Waals surface area contributed by atoms with E-state index >= 15 is 0 Å². The summed E-state index contributed by atoms with van der Waals surface area (Å²) in [5, 5.41) is 0. The zero-order chi connectivity index (χ0) is 15.6. The number of carbonyl (C=O) groups excluding carboxylic acids is 2. The Balaban J connectivity index is 2.43. The summed E-state index contributed by atoms with van der Waals surface area (Å²) in [5.41, 5.74) is 7.85. The summed E-state index contributed by atoms with van der Waals surface area (Å²) in [7, 11) is 0. The van der Waals surface area contributed by atoms with E-state index in [2.05, 4.69) is 9.97 Å². The van der Waals surface area contributed by atoms with Crippen molar-refractivity contribution in [2.45, 2.75) is 47.0 Å². The lowest BCUT2D eigenvalue weighted by Crippen LogP contribution is -1.94. The average Bonchev–Trinajstić information content (AvgIpc) is 2.96. The van der Waals surface area contributed by atoms with E-state index in [0.29, 0.717) is 17.8 Å². The highest BCUT2D eigenvalue weighted by Crippen LogP contribution is 2.24. The molecule has 0 spiro atoms. The Kier molecular flexibility index (Phi) is 4.46. The molecule has 2 aromatic rings. The lowest BCUT2D eigenvalue weighted by atomic mass is 10.0. The molecule has 4 heteroatoms. The molecule has 0 radical (unpaired) electrons. The molecule has 0 aliphatic heterocycles. The van der Waals surface area contributed by atoms with Crippen molar-refractivity contribution in [3.05, 3.63) is 45.0 Å². The molecule has 0 amide bonds. The quantitative estimate of drug-likeness (QED) is 0.800. The van der Waals surface area contributed by atoms with Crippen LogP contribution in [0.1, 0.15) is 68.5 Å². The maximum Gasteiger partial charge on any atom is 0.166 e. The van der Waals surface area contributed by atoms with Gasteiger partial charge in [0.25, 0.3) is 0 Å². The maximum absolute atomic E-state index is 11.1. The Morgan fingerprint density at radius 3 is 1.43 bits per heavy atom. The molecule has 0 aliphatic rings. The summed E-state index contributed by atoms with van der Waals surface area (Å²) in [4.78, 5) is 28.7. The minimum atomic E-state index is 0.667. The number of rotatable bonds is 6. The fourth-order valence-corrected chi connectivity index (χ4v) is 3.07. The normalized spacial score (nSPS) is 10.9. The van der Waals surface area contributed by atoms with Crippen molar-refractivity contribution < 1.29 is 9.59 Å². The van der Waals surface area contributed by atoms with Gasteiger partial charge in [-0.15, -0.1) is 0 Å². The van der Waals surface area contributed by atoms with Gasteiger partial charge < -0.3 is 9.97 Å². The highest BCUT2D eigenvalue weighted by atomic mass is 16.1. The van der Waals surface area contributed by atoms with E-state index in [0.717, 1.165) is 59.1 Å². The fourth-order valence-electron chi connectivity index (χ4n) is 3.07. The predicted molar refractivity (Wildman–Crippen MR) is 83.4 cm³/mol. The predicted octanol–water partition coefficient (Wildman–Crippen LogP) is 3.30. The third kappa shape index (κ3) is 2.58. The van der Waals surface area contributed by atoms with Crippen LogP contribution in [0.5, 0.6) is 0 Å². The highest BCUT2D eigenvalue weighted by molar-refractivity contribution is 5.77. The Morgan fingerprint density at radius 2 is 1.19 bits per heavy atom. The molecule has 21 heavy (non-hydrogen) atoms. The van der Waals surface area contributed by atoms with Crippen molar-refractivity contribution >= 4 is 12.6 Å². The molecular weight excluding hydrogens is 264 g/mol. The van der Waals surface area contributed by atoms with Gasteiger partial charge in [-0.25, -0.2) is 0 Å². The second-order valence-corrected chi connectivity index (χ2v) is 5.36. The Hall–Kier alpha value is -2.10. The standard InChI is InChI=1S/C17H22N2O2/c1-5-12-10(3)14(18-16(12)8-20)7-15-11(4)13(6-2)17(9-21)19-15/h8-9,18-19H,5-7H2,1-4H3. The third-order valence-corrected chi connectivity index (χ3v) is 4.33. The van der Waals surface area contributed by atoms with Crippen LogP contribution in [-0.2, 0) is 19.3 Å². The lowest BCUT2D eigenvalue weighted by molar-refractivity contribution is 0.111. The molecule has 112 valence electrons. The Labute approximate surface area is 125 Å². The van der Waals surface area contributed by atoms with Gasteiger partial charge in [0.05, 0.1) is 11.4 Å². The van der Waals surface area contributed by atoms with Crippen molar-refractivity contribution in [3.8, 4) is 0 Å². The number of aldehydes is 2. The van der Waals surface area contributed by atoms with E-state index < -0.39 is 0 Å². The van der Waals surface area contributed by atoms with Crippen LogP contribution < -0.4 is 0 Å². The summed E-state index contributed by atoms with van der Waals surface area (Å²) >= 11 is 0. The summed E-state index contributed by atoms with van der Waals surface area (Å²) < 4.78 is 0. The molecule has 2 rings (SSSR count). The molecule has 0 aliphatic carbocycles. The smallest absolute Gasteiger partial charge is 0.166 e. The summed E-state index contributed by atoms with van der Waals surface area (Å²) in [6.07, 6.45) is 4.11. The van der Waals surface area contributed by atoms with Crippen LogP contribution in [-0.4, -0.2) is 22.5 Å². The second kappa shape index (κ2) is 6.12. The molecule has 2 aromatic heterocycles. The van der Waals surface area contributed by atoms with Crippen LogP contribution in [0.25, 0.3) is 0 Å². The van der Waals surface area contributed by atoms with E-state index in [1.807, 2.05) is 27.7 Å². The monoisotopic (exact) mass is 286 g/mol. The molecule has 0 saturated heterocycles. The van der Waals surface area contributed by atoms with Gasteiger partial charge in [0.1, 0.15) is 0 Å². The van der Waals surface area contributed by atoms with Crippen LogP contribution in [0.3, 0.4) is 0 Å². The minimum Gasteiger partial charge on any atom is -0.355 e. The lowest BCUT2D eigenvalue weighted by Gasteiger charge is -2.02. The van der Waals surface area contributed by atoms with E-state index in [-0.39, 0.29) is 0 Å². The third-order valence-electron chi connectivity index (χ3n) is 4.33. The van der Waals surface area contributed by atoms with Gasteiger partial charge in [-0.1, -0.05) is 13.8 Å². The Morgan fingerprint density at radius 1 is 0.810 bits per heavy atom. The zero-order valence-electron chi connectivity index (χ0n) is 13.1. The molecule has 0 fully saturated rings. The van der Waals surface area contributed by atoms with E-state index in [1.165, 1.54) is 0 Å². The van der Waals surface area contributed by atoms with Gasteiger partial charge in [0.2, 0.25) is 0 Å². The molecule has 0 unspecified atom stereocenters. The number of carbonyl (C=O) groups is 2. The molecule has 4 nitrogen and oxygen atoms in total. The van der Waals surface area contributed by atoms with Gasteiger partial charge in [-0.2, -0.15) is 0 Å². The van der Waals surface area contributed by atoms with Crippen LogP contribution in [0.4, 0.5) is 0 Å². The van der Waals surface area contributed by atoms with Gasteiger partial charge in [-0.05, 0) is 48.9 Å². The number of aromatic nitrogens is 2. The van der Waals surface area contributed by atoms with Crippen LogP contribution in [0.2, 0.25) is 0 Å². The topological polar surface area (TPSA) is 65.7 Å². The average molecular weight is 286 g/mol. The first kappa shape index (κ1) is 15.3. The summed E-state index contributed by atoms with van der Waals surface area (Å²) in [6.45, 7) is 8.17. The molecule has 0 saturated carbocycles. The molecule has 0 atom stereocenters. The second-order valence-electron chi connectivity index (χ2n) is 5.36. The molecule has 0 bridgehead atoms. The number of hydrogen-bond acceptors (Lipinski definition) is 2. The van der Waals surface area contributed by atoms with E-state index in [4.69, 9.17) is 0 Å². The molecular formula is C17H22N2O2. The molecule has 2 N–H and O–H groups in total. The first-order valence-corrected chi connectivity index (χ1v) is 7.38. The van der Waals surface area contributed by atoms with Crippen molar-refractivity contribution in [2.24, 2.45) is 0 Å². The van der Waals surface area contributed by atoms with E-state index in [1.54, 1.807) is 0 Å². The van der Waals surface area contributed by atoms with Gasteiger partial charge in [0.15, 0.2) is 12.6 Å². The maximum atomic E-state index is 11.1. The van der Waals surface area contributed by atoms with Crippen molar-refractivity contribution in [2.75, 3.05) is 0 Å². The minimum absolute atomic E-state index is 0.667. The van der Waals surface area contributed by atoms with Gasteiger partial charge >= 0.3 is 0 Å². The number of aromatic amines is 2.